The van der Waals surface area contributed by atoms with E-state index in [0.717, 1.165) is 24.8 Å². The first-order valence-corrected chi connectivity index (χ1v) is 9.53. The molecule has 1 saturated carbocycles. The van der Waals surface area contributed by atoms with Gasteiger partial charge >= 0.3 is 0 Å². The van der Waals surface area contributed by atoms with E-state index < -0.39 is 12.1 Å². The third kappa shape index (κ3) is 4.34. The largest absolute Gasteiger partial charge is 0.394 e. The normalized spacial score (nSPS) is 22.5. The molecule has 0 radical (unpaired) electrons. The van der Waals surface area contributed by atoms with Gasteiger partial charge in [-0.1, -0.05) is 18.6 Å². The molecule has 1 aliphatic heterocycles. The zero-order valence-electron chi connectivity index (χ0n) is 16.3. The fourth-order valence-electron chi connectivity index (χ4n) is 3.38. The van der Waals surface area contributed by atoms with Gasteiger partial charge in [0.15, 0.2) is 0 Å². The smallest absolute Gasteiger partial charge is 0.249 e. The fourth-order valence-corrected chi connectivity index (χ4v) is 3.38. The molecule has 3 rings (SSSR count). The van der Waals surface area contributed by atoms with Crippen molar-refractivity contribution in [1.82, 2.24) is 9.80 Å². The van der Waals surface area contributed by atoms with Gasteiger partial charge in [-0.15, -0.1) is 0 Å². The van der Waals surface area contributed by atoms with Gasteiger partial charge in [0.25, 0.3) is 0 Å². The summed E-state index contributed by atoms with van der Waals surface area (Å²) in [4.78, 5) is 39.2. The average molecular weight is 389 g/mol. The summed E-state index contributed by atoms with van der Waals surface area (Å²) < 4.78 is 5.67. The topological polar surface area (TPSA) is 99.2 Å². The van der Waals surface area contributed by atoms with Crippen LogP contribution in [-0.4, -0.2) is 72.5 Å². The van der Waals surface area contributed by atoms with Gasteiger partial charge in [0.2, 0.25) is 17.7 Å². The van der Waals surface area contributed by atoms with Crippen molar-refractivity contribution in [3.63, 3.8) is 0 Å². The molecule has 0 aromatic heterocycles. The van der Waals surface area contributed by atoms with Crippen LogP contribution in [0.25, 0.3) is 0 Å². The maximum atomic E-state index is 12.2. The van der Waals surface area contributed by atoms with Crippen molar-refractivity contribution in [1.29, 1.82) is 0 Å². The Morgan fingerprint density at radius 1 is 1.25 bits per heavy atom. The van der Waals surface area contributed by atoms with E-state index >= 15 is 0 Å². The second-order valence-electron chi connectivity index (χ2n) is 7.53. The van der Waals surface area contributed by atoms with Crippen molar-refractivity contribution >= 4 is 23.4 Å². The van der Waals surface area contributed by atoms with Gasteiger partial charge in [0, 0.05) is 25.7 Å². The number of hydrogen-bond acceptors (Lipinski definition) is 5. The number of anilines is 1. The number of hydrogen-bond donors (Lipinski definition) is 2. The van der Waals surface area contributed by atoms with E-state index in [9.17, 15) is 19.5 Å². The van der Waals surface area contributed by atoms with Gasteiger partial charge in [0.1, 0.15) is 19.3 Å². The summed E-state index contributed by atoms with van der Waals surface area (Å²) in [5.74, 6) is -0.398. The number of ether oxygens (including phenoxy) is 1. The van der Waals surface area contributed by atoms with Gasteiger partial charge in [0.05, 0.1) is 12.6 Å². The Kier molecular flexibility index (Phi) is 6.31. The zero-order chi connectivity index (χ0) is 20.3. The number of amides is 3. The molecule has 1 heterocycles. The lowest BCUT2D eigenvalue weighted by molar-refractivity contribution is -0.164. The predicted molar refractivity (Wildman–Crippen MR) is 102 cm³/mol. The van der Waals surface area contributed by atoms with E-state index in [1.165, 1.54) is 9.80 Å². The molecule has 152 valence electrons. The molecule has 8 heteroatoms. The van der Waals surface area contributed by atoms with Crippen LogP contribution in [0.4, 0.5) is 5.69 Å². The van der Waals surface area contributed by atoms with E-state index in [1.54, 1.807) is 26.2 Å². The Morgan fingerprint density at radius 2 is 1.93 bits per heavy atom. The summed E-state index contributed by atoms with van der Waals surface area (Å²) in [7, 11) is 3.24. The van der Waals surface area contributed by atoms with Crippen LogP contribution in [0.1, 0.15) is 30.9 Å². The highest BCUT2D eigenvalue weighted by molar-refractivity contribution is 5.93. The summed E-state index contributed by atoms with van der Waals surface area (Å²) in [6.07, 6.45) is 2.43. The number of likely N-dealkylation sites (N-methyl/N-ethyl adjacent to an activating group) is 1. The molecule has 0 spiro atoms. The molecule has 2 fully saturated rings. The Balaban J connectivity index is 1.71. The van der Waals surface area contributed by atoms with Crippen LogP contribution in [0, 0.1) is 5.92 Å². The van der Waals surface area contributed by atoms with Gasteiger partial charge in [-0.25, -0.2) is 0 Å². The molecule has 1 saturated heterocycles. The number of rotatable bonds is 6. The SMILES string of the molecule is CN(C)C(=O)CN1C(=O)COC(c2ccc(NC(=O)C3CCC3)cc2)C1CO. The van der Waals surface area contributed by atoms with Gasteiger partial charge in [-0.2, -0.15) is 0 Å². The molecule has 0 bridgehead atoms. The maximum Gasteiger partial charge on any atom is 0.249 e. The highest BCUT2D eigenvalue weighted by Crippen LogP contribution is 2.31. The van der Waals surface area contributed by atoms with Gasteiger partial charge < -0.3 is 25.0 Å². The number of carbonyl (C=O) groups excluding carboxylic acids is 3. The van der Waals surface area contributed by atoms with Crippen molar-refractivity contribution in [3.8, 4) is 0 Å². The molecule has 2 N–H and O–H groups in total. The molecule has 3 amide bonds. The summed E-state index contributed by atoms with van der Waals surface area (Å²) in [5.41, 5.74) is 1.48. The fraction of sp³-hybridized carbons (Fsp3) is 0.550. The van der Waals surface area contributed by atoms with E-state index in [4.69, 9.17) is 4.74 Å². The van der Waals surface area contributed by atoms with Crippen molar-refractivity contribution < 1.29 is 24.2 Å². The van der Waals surface area contributed by atoms with E-state index in [2.05, 4.69) is 5.32 Å². The van der Waals surface area contributed by atoms with Crippen LogP contribution in [0.15, 0.2) is 24.3 Å². The van der Waals surface area contributed by atoms with E-state index in [0.29, 0.717) is 5.69 Å². The molecule has 1 aliphatic carbocycles. The number of nitrogens with one attached hydrogen (secondary N) is 1. The first kappa shape index (κ1) is 20.3. The molecule has 2 aliphatic rings. The van der Waals surface area contributed by atoms with Crippen LogP contribution in [0.2, 0.25) is 0 Å². The quantitative estimate of drug-likeness (QED) is 0.749. The van der Waals surface area contributed by atoms with Gasteiger partial charge in [-0.05, 0) is 30.5 Å². The molecule has 1 aromatic carbocycles. The number of carbonyl (C=O) groups is 3. The van der Waals surface area contributed by atoms with Crippen LogP contribution in [0.3, 0.4) is 0 Å². The molecule has 28 heavy (non-hydrogen) atoms. The minimum absolute atomic E-state index is 0.0418. The van der Waals surface area contributed by atoms with Crippen molar-refractivity contribution in [2.24, 2.45) is 5.92 Å². The monoisotopic (exact) mass is 389 g/mol. The standard InChI is InChI=1S/C20H27N3O5/c1-22(2)17(25)10-23-16(11-24)19(28-12-18(23)26)13-6-8-15(9-7-13)21-20(27)14-4-3-5-14/h6-9,14,16,19,24H,3-5,10-12H2,1-2H3,(H,21,27). The molecule has 8 nitrogen and oxygen atoms in total. The Labute approximate surface area is 164 Å². The summed E-state index contributed by atoms with van der Waals surface area (Å²) in [6.45, 7) is -0.578. The Hall–Kier alpha value is -2.45. The highest BCUT2D eigenvalue weighted by atomic mass is 16.5. The van der Waals surface area contributed by atoms with Crippen LogP contribution >= 0.6 is 0 Å². The maximum absolute atomic E-state index is 12.2. The molecule has 2 unspecified atom stereocenters. The minimum Gasteiger partial charge on any atom is -0.394 e. The highest BCUT2D eigenvalue weighted by Gasteiger charge is 2.38. The first-order valence-electron chi connectivity index (χ1n) is 9.53. The summed E-state index contributed by atoms with van der Waals surface area (Å²) >= 11 is 0. The van der Waals surface area contributed by atoms with E-state index in [1.807, 2.05) is 12.1 Å². The second kappa shape index (κ2) is 8.70. The van der Waals surface area contributed by atoms with Crippen LogP contribution < -0.4 is 5.32 Å². The molecular formula is C20H27N3O5. The second-order valence-corrected chi connectivity index (χ2v) is 7.53. The number of aliphatic hydroxyl groups is 1. The predicted octanol–water partition coefficient (Wildman–Crippen LogP) is 0.774. The van der Waals surface area contributed by atoms with Crippen LogP contribution in [-0.2, 0) is 19.1 Å². The lowest BCUT2D eigenvalue weighted by Crippen LogP contribution is -2.55. The van der Waals surface area contributed by atoms with E-state index in [-0.39, 0.29) is 43.4 Å². The Bertz CT molecular complexity index is 730. The first-order chi connectivity index (χ1) is 13.4. The average Bonchev–Trinajstić information content (AvgIpc) is 2.62. The molecule has 1 aromatic rings. The molecular weight excluding hydrogens is 362 g/mol. The number of aliphatic hydroxyl groups excluding tert-OH is 1. The van der Waals surface area contributed by atoms with Gasteiger partial charge in [-0.3, -0.25) is 14.4 Å². The molecule has 2 atom stereocenters. The third-order valence-electron chi connectivity index (χ3n) is 5.43. The summed E-state index contributed by atoms with van der Waals surface area (Å²) in [6, 6.07) is 6.54. The third-order valence-corrected chi connectivity index (χ3v) is 5.43. The number of nitrogens with zero attached hydrogens (tertiary/aromatic N) is 2. The summed E-state index contributed by atoms with van der Waals surface area (Å²) in [5, 5.41) is 12.8. The lowest BCUT2D eigenvalue weighted by atomic mass is 9.85. The number of morpholine rings is 1. The Morgan fingerprint density at radius 3 is 2.46 bits per heavy atom. The number of benzene rings is 1. The lowest BCUT2D eigenvalue weighted by Gasteiger charge is -2.40. The zero-order valence-corrected chi connectivity index (χ0v) is 16.3. The van der Waals surface area contributed by atoms with Crippen molar-refractivity contribution in [3.05, 3.63) is 29.8 Å². The van der Waals surface area contributed by atoms with Crippen molar-refractivity contribution in [2.75, 3.05) is 39.2 Å². The van der Waals surface area contributed by atoms with Crippen LogP contribution in [0.5, 0.6) is 0 Å². The minimum atomic E-state index is -0.652. The van der Waals surface area contributed by atoms with Crippen molar-refractivity contribution in [2.45, 2.75) is 31.4 Å².